The lowest BCUT2D eigenvalue weighted by molar-refractivity contribution is -0.0126. The first-order valence-electron chi connectivity index (χ1n) is 12.3. The summed E-state index contributed by atoms with van der Waals surface area (Å²) in [5.41, 5.74) is 4.99. The number of hydrogen-bond donors (Lipinski definition) is 1. The Kier molecular flexibility index (Phi) is 5.61. The monoisotopic (exact) mass is 461 g/mol. The molecule has 1 saturated carbocycles. The number of anilines is 1. The first-order valence-corrected chi connectivity index (χ1v) is 12.3. The van der Waals surface area contributed by atoms with Crippen molar-refractivity contribution in [2.24, 2.45) is 5.16 Å². The van der Waals surface area contributed by atoms with E-state index < -0.39 is 0 Å². The molecular formula is C26H31N5O3. The molecule has 6 rings (SSSR count). The van der Waals surface area contributed by atoms with Crippen molar-refractivity contribution in [1.82, 2.24) is 14.8 Å². The van der Waals surface area contributed by atoms with Crippen LogP contribution in [0.2, 0.25) is 0 Å². The van der Waals surface area contributed by atoms with Crippen molar-refractivity contribution in [3.8, 4) is 5.75 Å². The standard InChI is InChI=1S/C26H31N5O3/c1-32-20-6-4-18(5-7-20)17-31-25-22(16-28-31)24(29-19-8-12-33-13-9-19)21(15-27-25)23-14-26(34-30-23)10-2-3-11-26/h4-7,15-16,19H,2-3,8-14,17H2,1H3,(H,27,29). The fourth-order valence-corrected chi connectivity index (χ4v) is 5.42. The summed E-state index contributed by atoms with van der Waals surface area (Å²) in [4.78, 5) is 10.9. The minimum atomic E-state index is -0.112. The number of benzene rings is 1. The van der Waals surface area contributed by atoms with Gasteiger partial charge >= 0.3 is 0 Å². The van der Waals surface area contributed by atoms with Gasteiger partial charge in [-0.25, -0.2) is 9.67 Å². The number of pyridine rings is 1. The molecule has 0 bridgehead atoms. The molecule has 1 aromatic carbocycles. The van der Waals surface area contributed by atoms with Gasteiger partial charge in [0, 0.05) is 37.4 Å². The molecule has 178 valence electrons. The smallest absolute Gasteiger partial charge is 0.160 e. The SMILES string of the molecule is COc1ccc(Cn2ncc3c(NC4CCOCC4)c(C4=NOC5(CCCC5)C4)cnc32)cc1. The van der Waals surface area contributed by atoms with Gasteiger partial charge in [0.25, 0.3) is 0 Å². The minimum absolute atomic E-state index is 0.112. The molecule has 34 heavy (non-hydrogen) atoms. The average molecular weight is 462 g/mol. The van der Waals surface area contributed by atoms with Crippen molar-refractivity contribution < 1.29 is 14.3 Å². The number of methoxy groups -OCH3 is 1. The summed E-state index contributed by atoms with van der Waals surface area (Å²) in [6.45, 7) is 2.21. The van der Waals surface area contributed by atoms with Gasteiger partial charge < -0.3 is 19.6 Å². The van der Waals surface area contributed by atoms with E-state index in [4.69, 9.17) is 24.4 Å². The first kappa shape index (κ1) is 21.4. The van der Waals surface area contributed by atoms with Crippen LogP contribution in [0.25, 0.3) is 11.0 Å². The summed E-state index contributed by atoms with van der Waals surface area (Å²) in [6, 6.07) is 8.43. The lowest BCUT2D eigenvalue weighted by Crippen LogP contribution is -2.29. The zero-order valence-electron chi connectivity index (χ0n) is 19.6. The van der Waals surface area contributed by atoms with Crippen LogP contribution in [0.4, 0.5) is 5.69 Å². The lowest BCUT2D eigenvalue weighted by atomic mass is 9.92. The fourth-order valence-electron chi connectivity index (χ4n) is 5.42. The third-order valence-electron chi connectivity index (χ3n) is 7.39. The van der Waals surface area contributed by atoms with E-state index in [0.29, 0.717) is 12.6 Å². The van der Waals surface area contributed by atoms with Crippen LogP contribution in [0.3, 0.4) is 0 Å². The Morgan fingerprint density at radius 3 is 2.68 bits per heavy atom. The van der Waals surface area contributed by atoms with Crippen LogP contribution in [0.15, 0.2) is 41.8 Å². The van der Waals surface area contributed by atoms with Gasteiger partial charge in [0.05, 0.1) is 36.6 Å². The molecule has 1 saturated heterocycles. The number of nitrogens with zero attached hydrogens (tertiary/aromatic N) is 4. The second kappa shape index (κ2) is 8.91. The van der Waals surface area contributed by atoms with Crippen LogP contribution in [-0.2, 0) is 16.1 Å². The largest absolute Gasteiger partial charge is 0.497 e. The molecule has 0 amide bonds. The van der Waals surface area contributed by atoms with E-state index in [2.05, 4.69) is 22.6 Å². The molecule has 8 nitrogen and oxygen atoms in total. The van der Waals surface area contributed by atoms with Gasteiger partial charge in [0.1, 0.15) is 11.4 Å². The van der Waals surface area contributed by atoms with Crippen LogP contribution in [0, 0.1) is 0 Å². The quantitative estimate of drug-likeness (QED) is 0.581. The molecule has 2 aromatic heterocycles. The third kappa shape index (κ3) is 4.00. The number of fused-ring (bicyclic) bond motifs is 1. The van der Waals surface area contributed by atoms with Crippen molar-refractivity contribution in [3.05, 3.63) is 47.8 Å². The van der Waals surface area contributed by atoms with Crippen LogP contribution < -0.4 is 10.1 Å². The maximum atomic E-state index is 6.01. The molecule has 1 aliphatic carbocycles. The molecule has 2 aliphatic heterocycles. The highest BCUT2D eigenvalue weighted by Gasteiger charge is 2.42. The van der Waals surface area contributed by atoms with Gasteiger partial charge in [-0.3, -0.25) is 0 Å². The zero-order valence-corrected chi connectivity index (χ0v) is 19.6. The van der Waals surface area contributed by atoms with Gasteiger partial charge in [-0.2, -0.15) is 5.10 Å². The molecule has 0 unspecified atom stereocenters. The van der Waals surface area contributed by atoms with E-state index in [1.54, 1.807) is 7.11 Å². The maximum absolute atomic E-state index is 6.01. The number of oxime groups is 1. The van der Waals surface area contributed by atoms with Crippen molar-refractivity contribution in [3.63, 3.8) is 0 Å². The van der Waals surface area contributed by atoms with E-state index in [1.165, 1.54) is 12.8 Å². The Balaban J connectivity index is 1.35. The van der Waals surface area contributed by atoms with Crippen LogP contribution >= 0.6 is 0 Å². The Hall–Kier alpha value is -3.13. The highest BCUT2D eigenvalue weighted by molar-refractivity contribution is 6.10. The van der Waals surface area contributed by atoms with Crippen molar-refractivity contribution >= 4 is 22.4 Å². The molecular weight excluding hydrogens is 430 g/mol. The van der Waals surface area contributed by atoms with Crippen molar-refractivity contribution in [2.75, 3.05) is 25.6 Å². The molecule has 1 spiro atoms. The Labute approximate surface area is 199 Å². The first-order chi connectivity index (χ1) is 16.7. The maximum Gasteiger partial charge on any atom is 0.160 e. The van der Waals surface area contributed by atoms with E-state index in [9.17, 15) is 0 Å². The molecule has 1 N–H and O–H groups in total. The second-order valence-corrected chi connectivity index (χ2v) is 9.66. The van der Waals surface area contributed by atoms with E-state index in [1.807, 2.05) is 29.2 Å². The van der Waals surface area contributed by atoms with Crippen LogP contribution in [-0.4, -0.2) is 52.4 Å². The van der Waals surface area contributed by atoms with Crippen molar-refractivity contribution in [2.45, 2.75) is 63.1 Å². The molecule has 0 radical (unpaired) electrons. The van der Waals surface area contributed by atoms with E-state index >= 15 is 0 Å². The predicted molar refractivity (Wildman–Crippen MR) is 131 cm³/mol. The summed E-state index contributed by atoms with van der Waals surface area (Å²) in [5, 5.41) is 14.1. The zero-order chi connectivity index (χ0) is 23.0. The Bertz CT molecular complexity index is 1190. The summed E-state index contributed by atoms with van der Waals surface area (Å²) in [6.07, 6.45) is 11.3. The highest BCUT2D eigenvalue weighted by atomic mass is 16.7. The van der Waals surface area contributed by atoms with Gasteiger partial charge in [-0.1, -0.05) is 17.3 Å². The van der Waals surface area contributed by atoms with Crippen LogP contribution in [0.1, 0.15) is 56.1 Å². The molecule has 0 atom stereocenters. The summed E-state index contributed by atoms with van der Waals surface area (Å²) < 4.78 is 12.8. The van der Waals surface area contributed by atoms with Crippen LogP contribution in [0.5, 0.6) is 5.75 Å². The van der Waals surface area contributed by atoms with E-state index in [0.717, 1.165) is 84.6 Å². The highest BCUT2D eigenvalue weighted by Crippen LogP contribution is 2.42. The van der Waals surface area contributed by atoms with Gasteiger partial charge in [0.15, 0.2) is 5.65 Å². The molecule has 2 fully saturated rings. The summed E-state index contributed by atoms with van der Waals surface area (Å²) >= 11 is 0. The Morgan fingerprint density at radius 1 is 1.12 bits per heavy atom. The van der Waals surface area contributed by atoms with Crippen molar-refractivity contribution in [1.29, 1.82) is 0 Å². The number of nitrogens with one attached hydrogen (secondary N) is 1. The molecule has 8 heteroatoms. The van der Waals surface area contributed by atoms with Gasteiger partial charge in [0.2, 0.25) is 0 Å². The topological polar surface area (TPSA) is 82.8 Å². The lowest BCUT2D eigenvalue weighted by Gasteiger charge is -2.26. The average Bonchev–Trinajstić information content (AvgIpc) is 3.62. The van der Waals surface area contributed by atoms with Gasteiger partial charge in [-0.05, 0) is 56.2 Å². The number of rotatable bonds is 6. The minimum Gasteiger partial charge on any atom is -0.497 e. The predicted octanol–water partition coefficient (Wildman–Crippen LogP) is 4.52. The van der Waals surface area contributed by atoms with Gasteiger partial charge in [-0.15, -0.1) is 0 Å². The number of ether oxygens (including phenoxy) is 2. The third-order valence-corrected chi connectivity index (χ3v) is 7.39. The molecule has 3 aromatic rings. The second-order valence-electron chi connectivity index (χ2n) is 9.66. The number of aromatic nitrogens is 3. The normalized spacial score (nSPS) is 20.0. The summed E-state index contributed by atoms with van der Waals surface area (Å²) in [7, 11) is 1.68. The molecule has 4 heterocycles. The summed E-state index contributed by atoms with van der Waals surface area (Å²) in [5.74, 6) is 0.847. The molecule has 3 aliphatic rings. The van der Waals surface area contributed by atoms with E-state index in [-0.39, 0.29) is 5.60 Å². The fraction of sp³-hybridized carbons (Fsp3) is 0.500. The number of hydrogen-bond acceptors (Lipinski definition) is 7. The Morgan fingerprint density at radius 2 is 1.91 bits per heavy atom.